The second-order valence-electron chi connectivity index (χ2n) is 6.77. The van der Waals surface area contributed by atoms with Gasteiger partial charge in [-0.25, -0.2) is 13.6 Å². The van der Waals surface area contributed by atoms with Crippen molar-refractivity contribution in [3.8, 4) is 5.69 Å². The van der Waals surface area contributed by atoms with Crippen molar-refractivity contribution in [3.05, 3.63) is 116 Å². The van der Waals surface area contributed by atoms with Crippen LogP contribution < -0.4 is 16.6 Å². The summed E-state index contributed by atoms with van der Waals surface area (Å²) in [6.07, 6.45) is 1.42. The van der Waals surface area contributed by atoms with Gasteiger partial charge in [0.1, 0.15) is 23.1 Å². The topological polar surface area (TPSA) is 99.1 Å². The van der Waals surface area contributed by atoms with E-state index in [4.69, 9.17) is 4.42 Å². The van der Waals surface area contributed by atoms with E-state index >= 15 is 0 Å². The first-order chi connectivity index (χ1) is 15.4. The molecule has 0 bridgehead atoms. The number of benzene rings is 2. The molecule has 4 rings (SSSR count). The molecule has 0 aliphatic rings. The van der Waals surface area contributed by atoms with Gasteiger partial charge in [-0.2, -0.15) is 9.78 Å². The fraction of sp³-hybridized carbons (Fsp3) is 0.0909. The number of hydrogen-bond acceptors (Lipinski definition) is 5. The summed E-state index contributed by atoms with van der Waals surface area (Å²) in [4.78, 5) is 38.7. The van der Waals surface area contributed by atoms with Gasteiger partial charge in [0.2, 0.25) is 5.69 Å². The van der Waals surface area contributed by atoms with E-state index in [1.807, 2.05) is 0 Å². The molecule has 10 heteroatoms. The van der Waals surface area contributed by atoms with Crippen LogP contribution in [0.25, 0.3) is 5.69 Å². The number of halogens is 2. The van der Waals surface area contributed by atoms with E-state index < -0.39 is 34.5 Å². The third kappa shape index (κ3) is 4.24. The number of nitrogens with one attached hydrogen (secondary N) is 1. The molecule has 4 aromatic rings. The number of furan rings is 1. The molecule has 162 valence electrons. The van der Waals surface area contributed by atoms with Crippen LogP contribution in [-0.4, -0.2) is 20.3 Å². The van der Waals surface area contributed by atoms with Crippen LogP contribution in [0.2, 0.25) is 0 Å². The molecule has 0 fully saturated rings. The van der Waals surface area contributed by atoms with Crippen molar-refractivity contribution >= 4 is 5.91 Å². The van der Waals surface area contributed by atoms with Gasteiger partial charge in [-0.05, 0) is 42.0 Å². The van der Waals surface area contributed by atoms with Crippen LogP contribution in [0, 0.1) is 11.6 Å². The lowest BCUT2D eigenvalue weighted by Gasteiger charge is -2.12. The van der Waals surface area contributed by atoms with Gasteiger partial charge >= 0.3 is 5.69 Å². The Balaban J connectivity index is 1.81. The summed E-state index contributed by atoms with van der Waals surface area (Å²) in [6.45, 7) is -0.295. The van der Waals surface area contributed by atoms with Crippen LogP contribution in [-0.2, 0) is 13.1 Å². The fourth-order valence-corrected chi connectivity index (χ4v) is 3.01. The minimum Gasteiger partial charge on any atom is -0.467 e. The van der Waals surface area contributed by atoms with Crippen molar-refractivity contribution in [2.75, 3.05) is 0 Å². The van der Waals surface area contributed by atoms with Gasteiger partial charge in [0.05, 0.1) is 19.4 Å². The Bertz CT molecular complexity index is 1380. The van der Waals surface area contributed by atoms with Crippen molar-refractivity contribution in [1.29, 1.82) is 0 Å². The Kier molecular flexibility index (Phi) is 5.75. The Morgan fingerprint density at radius 3 is 2.44 bits per heavy atom. The summed E-state index contributed by atoms with van der Waals surface area (Å²) < 4.78 is 34.2. The van der Waals surface area contributed by atoms with Crippen molar-refractivity contribution in [1.82, 2.24) is 19.7 Å². The lowest BCUT2D eigenvalue weighted by atomic mass is 10.2. The van der Waals surface area contributed by atoms with E-state index in [0.717, 1.165) is 10.6 Å². The van der Waals surface area contributed by atoms with E-state index in [0.29, 0.717) is 16.0 Å². The van der Waals surface area contributed by atoms with E-state index in [2.05, 4.69) is 10.4 Å². The van der Waals surface area contributed by atoms with Gasteiger partial charge < -0.3 is 9.73 Å². The van der Waals surface area contributed by atoms with E-state index in [9.17, 15) is 23.2 Å². The summed E-state index contributed by atoms with van der Waals surface area (Å²) in [7, 11) is 0. The predicted molar refractivity (Wildman–Crippen MR) is 109 cm³/mol. The first-order valence-corrected chi connectivity index (χ1v) is 9.48. The molecule has 2 aromatic heterocycles. The van der Waals surface area contributed by atoms with E-state index in [1.165, 1.54) is 48.7 Å². The summed E-state index contributed by atoms with van der Waals surface area (Å²) in [5, 5.41) is 6.33. The van der Waals surface area contributed by atoms with Gasteiger partial charge in [0, 0.05) is 0 Å². The Morgan fingerprint density at radius 2 is 1.75 bits per heavy atom. The van der Waals surface area contributed by atoms with Gasteiger partial charge in [-0.1, -0.05) is 24.3 Å². The number of nitrogens with zero attached hydrogens (tertiary/aromatic N) is 3. The highest BCUT2D eigenvalue weighted by molar-refractivity contribution is 5.91. The molecule has 0 aliphatic heterocycles. The molecular formula is C22H16F2N4O4. The zero-order valence-corrected chi connectivity index (χ0v) is 16.5. The van der Waals surface area contributed by atoms with E-state index in [1.54, 1.807) is 12.1 Å². The number of rotatable bonds is 6. The molecule has 2 aromatic carbocycles. The number of hydrogen-bond donors (Lipinski definition) is 1. The maximum atomic E-state index is 14.4. The quantitative estimate of drug-likeness (QED) is 0.498. The number of carbonyl (C=O) groups excluding carboxylic acids is 1. The largest absolute Gasteiger partial charge is 0.467 e. The summed E-state index contributed by atoms with van der Waals surface area (Å²) >= 11 is 0. The molecule has 2 heterocycles. The maximum Gasteiger partial charge on any atom is 0.352 e. The van der Waals surface area contributed by atoms with Gasteiger partial charge in [0.15, 0.2) is 0 Å². The minimum absolute atomic E-state index is 0.0241. The monoisotopic (exact) mass is 438 g/mol. The van der Waals surface area contributed by atoms with E-state index in [-0.39, 0.29) is 18.8 Å². The molecule has 0 unspecified atom stereocenters. The molecule has 32 heavy (non-hydrogen) atoms. The summed E-state index contributed by atoms with van der Waals surface area (Å²) in [5.74, 6) is -1.69. The molecule has 8 nitrogen and oxygen atoms in total. The molecule has 1 N–H and O–H groups in total. The zero-order valence-electron chi connectivity index (χ0n) is 16.5. The smallest absolute Gasteiger partial charge is 0.352 e. The molecule has 0 atom stereocenters. The molecule has 0 saturated carbocycles. The number of aromatic nitrogens is 3. The standard InChI is InChI=1S/C22H16F2N4O4/c23-15-9-7-14(8-10-15)13-27-21(30)19(20(29)25-12-16-4-3-11-32-16)26-28(22(27)31)18-6-2-1-5-17(18)24/h1-11H,12-13H2,(H,25,29). The molecule has 0 radical (unpaired) electrons. The van der Waals surface area contributed by atoms with Crippen molar-refractivity contribution in [2.24, 2.45) is 0 Å². The highest BCUT2D eigenvalue weighted by Crippen LogP contribution is 2.10. The SMILES string of the molecule is O=C(NCc1ccco1)c1nn(-c2ccccc2F)c(=O)n(Cc2ccc(F)cc2)c1=O. The molecule has 0 aliphatic carbocycles. The molecule has 1 amide bonds. The molecule has 0 spiro atoms. The average Bonchev–Trinajstić information content (AvgIpc) is 3.31. The fourth-order valence-electron chi connectivity index (χ4n) is 3.01. The zero-order chi connectivity index (χ0) is 22.7. The third-order valence-corrected chi connectivity index (χ3v) is 4.61. The first kappa shape index (κ1) is 20.9. The summed E-state index contributed by atoms with van der Waals surface area (Å²) in [6, 6.07) is 13.7. The van der Waals surface area contributed by atoms with Crippen LogP contribution in [0.1, 0.15) is 21.8 Å². The lowest BCUT2D eigenvalue weighted by molar-refractivity contribution is 0.0938. The second kappa shape index (κ2) is 8.80. The summed E-state index contributed by atoms with van der Waals surface area (Å²) in [5.41, 5.74) is -2.33. The van der Waals surface area contributed by atoms with Crippen molar-refractivity contribution in [3.63, 3.8) is 0 Å². The van der Waals surface area contributed by atoms with Gasteiger partial charge in [0.25, 0.3) is 11.5 Å². The highest BCUT2D eigenvalue weighted by Gasteiger charge is 2.21. The lowest BCUT2D eigenvalue weighted by Crippen LogP contribution is -2.46. The molecule has 0 saturated heterocycles. The molecular weight excluding hydrogens is 422 g/mol. The van der Waals surface area contributed by atoms with Crippen molar-refractivity contribution in [2.45, 2.75) is 13.1 Å². The van der Waals surface area contributed by atoms with Crippen LogP contribution in [0.5, 0.6) is 0 Å². The van der Waals surface area contributed by atoms with Gasteiger partial charge in [-0.3, -0.25) is 14.2 Å². The number of para-hydroxylation sites is 1. The highest BCUT2D eigenvalue weighted by atomic mass is 19.1. The van der Waals surface area contributed by atoms with Crippen LogP contribution in [0.4, 0.5) is 8.78 Å². The number of amides is 1. The predicted octanol–water partition coefficient (Wildman–Crippen LogP) is 2.24. The first-order valence-electron chi connectivity index (χ1n) is 9.48. The minimum atomic E-state index is -0.969. The average molecular weight is 438 g/mol. The normalized spacial score (nSPS) is 10.8. The van der Waals surface area contributed by atoms with Crippen LogP contribution in [0.15, 0.2) is 80.9 Å². The second-order valence-corrected chi connectivity index (χ2v) is 6.77. The number of carbonyl (C=O) groups is 1. The Morgan fingerprint density at radius 1 is 1.00 bits per heavy atom. The maximum absolute atomic E-state index is 14.4. The van der Waals surface area contributed by atoms with Crippen LogP contribution >= 0.6 is 0 Å². The Labute approximate surface area is 179 Å². The Hall–Kier alpha value is -4.34. The van der Waals surface area contributed by atoms with Crippen molar-refractivity contribution < 1.29 is 18.0 Å². The van der Waals surface area contributed by atoms with Crippen LogP contribution in [0.3, 0.4) is 0 Å². The third-order valence-electron chi connectivity index (χ3n) is 4.61. The van der Waals surface area contributed by atoms with Gasteiger partial charge in [-0.15, -0.1) is 0 Å².